The molecular weight excluding hydrogens is 426 g/mol. The number of benzene rings is 1. The van der Waals surface area contributed by atoms with Crippen LogP contribution in [0.1, 0.15) is 18.4 Å². The van der Waals surface area contributed by atoms with Gasteiger partial charge in [0.25, 0.3) is 0 Å². The third-order valence-corrected chi connectivity index (χ3v) is 6.62. The Morgan fingerprint density at radius 2 is 1.91 bits per heavy atom. The molecule has 1 aromatic carbocycles. The maximum absolute atomic E-state index is 12.7. The summed E-state index contributed by atoms with van der Waals surface area (Å²) in [4.78, 5) is 23.6. The van der Waals surface area contributed by atoms with Gasteiger partial charge in [0, 0.05) is 32.4 Å². The Kier molecular flexibility index (Phi) is 5.70. The van der Waals surface area contributed by atoms with Crippen molar-refractivity contribution in [3.8, 4) is 0 Å². The predicted molar refractivity (Wildman–Crippen MR) is 124 cm³/mol. The fourth-order valence-electron chi connectivity index (χ4n) is 4.84. The van der Waals surface area contributed by atoms with Crippen LogP contribution in [-0.4, -0.2) is 49.7 Å². The van der Waals surface area contributed by atoms with Crippen LogP contribution in [0, 0.1) is 11.8 Å². The van der Waals surface area contributed by atoms with E-state index in [1.54, 1.807) is 17.1 Å². The lowest BCUT2D eigenvalue weighted by Gasteiger charge is -2.21. The van der Waals surface area contributed by atoms with E-state index in [1.165, 1.54) is 0 Å². The number of hydrogen-bond donors (Lipinski definition) is 2. The molecule has 2 atom stereocenters. The summed E-state index contributed by atoms with van der Waals surface area (Å²) in [6.45, 7) is 1.67. The smallest absolute Gasteiger partial charge is 0.229 e. The molecule has 2 fully saturated rings. The first-order valence-electron chi connectivity index (χ1n) is 10.9. The van der Waals surface area contributed by atoms with Gasteiger partial charge in [0.1, 0.15) is 5.02 Å². The first kappa shape index (κ1) is 20.8. The molecule has 9 heteroatoms. The molecule has 2 unspecified atom stereocenters. The number of anilines is 3. The zero-order chi connectivity index (χ0) is 22.1. The van der Waals surface area contributed by atoms with Crippen molar-refractivity contribution in [3.63, 3.8) is 0 Å². The number of amides is 1. The van der Waals surface area contributed by atoms with E-state index in [0.717, 1.165) is 37.2 Å². The highest BCUT2D eigenvalue weighted by Gasteiger charge is 2.42. The molecule has 2 aromatic heterocycles. The average molecular weight is 452 g/mol. The van der Waals surface area contributed by atoms with Crippen LogP contribution in [0.2, 0.25) is 5.02 Å². The van der Waals surface area contributed by atoms with Crippen molar-refractivity contribution in [2.75, 3.05) is 23.7 Å². The van der Waals surface area contributed by atoms with Crippen LogP contribution in [-0.2, 0) is 18.3 Å². The number of aromatic nitrogens is 4. The molecule has 0 radical (unpaired) electrons. The Balaban J connectivity index is 1.17. The molecule has 3 aromatic rings. The highest BCUT2D eigenvalue weighted by Crippen LogP contribution is 2.40. The molecule has 1 aliphatic carbocycles. The highest BCUT2D eigenvalue weighted by molar-refractivity contribution is 6.32. The molecule has 5 rings (SSSR count). The Morgan fingerprint density at radius 3 is 2.59 bits per heavy atom. The average Bonchev–Trinajstić information content (AvgIpc) is 3.46. The van der Waals surface area contributed by atoms with Crippen molar-refractivity contribution in [2.45, 2.75) is 25.3 Å². The van der Waals surface area contributed by atoms with E-state index in [9.17, 15) is 4.79 Å². The molecular formula is C23H26ClN7O. The minimum Gasteiger partial charge on any atom is -0.366 e. The van der Waals surface area contributed by atoms with Gasteiger partial charge in [-0.05, 0) is 30.2 Å². The molecule has 3 heterocycles. The second-order valence-electron chi connectivity index (χ2n) is 8.71. The number of aryl methyl sites for hydroxylation is 1. The van der Waals surface area contributed by atoms with E-state index in [2.05, 4.69) is 25.7 Å². The van der Waals surface area contributed by atoms with E-state index in [0.29, 0.717) is 35.0 Å². The van der Waals surface area contributed by atoms with Crippen molar-refractivity contribution in [3.05, 3.63) is 59.5 Å². The van der Waals surface area contributed by atoms with Crippen LogP contribution in [0.25, 0.3) is 0 Å². The minimum atomic E-state index is 0.222. The van der Waals surface area contributed by atoms with Gasteiger partial charge in [-0.2, -0.15) is 10.1 Å². The van der Waals surface area contributed by atoms with Crippen LogP contribution in [0.5, 0.6) is 0 Å². The van der Waals surface area contributed by atoms with Gasteiger partial charge in [-0.1, -0.05) is 41.9 Å². The second kappa shape index (κ2) is 8.78. The van der Waals surface area contributed by atoms with Gasteiger partial charge < -0.3 is 15.5 Å². The summed E-state index contributed by atoms with van der Waals surface area (Å²) >= 11 is 6.36. The summed E-state index contributed by atoms with van der Waals surface area (Å²) in [7, 11) is 1.86. The van der Waals surface area contributed by atoms with Crippen molar-refractivity contribution in [1.82, 2.24) is 24.6 Å². The lowest BCUT2D eigenvalue weighted by Crippen LogP contribution is -2.32. The summed E-state index contributed by atoms with van der Waals surface area (Å²) in [6.07, 6.45) is 7.67. The van der Waals surface area contributed by atoms with Crippen LogP contribution in [0.4, 0.5) is 17.5 Å². The number of hydrogen-bond acceptors (Lipinski definition) is 6. The van der Waals surface area contributed by atoms with E-state index < -0.39 is 0 Å². The molecule has 0 bridgehead atoms. The van der Waals surface area contributed by atoms with Gasteiger partial charge in [-0.3, -0.25) is 9.48 Å². The summed E-state index contributed by atoms with van der Waals surface area (Å²) in [5.74, 6) is 2.36. The summed E-state index contributed by atoms with van der Waals surface area (Å²) in [5.41, 5.74) is 1.89. The summed E-state index contributed by atoms with van der Waals surface area (Å²) in [5, 5.41) is 11.3. The molecule has 32 heavy (non-hydrogen) atoms. The molecule has 166 valence electrons. The maximum atomic E-state index is 12.7. The molecule has 1 aliphatic heterocycles. The van der Waals surface area contributed by atoms with Crippen molar-refractivity contribution in [2.24, 2.45) is 18.9 Å². The second-order valence-corrected chi connectivity index (χ2v) is 9.12. The van der Waals surface area contributed by atoms with Gasteiger partial charge in [-0.25, -0.2) is 4.98 Å². The quantitative estimate of drug-likeness (QED) is 0.596. The zero-order valence-electron chi connectivity index (χ0n) is 17.9. The minimum absolute atomic E-state index is 0.222. The molecule has 0 spiro atoms. The number of nitrogens with zero attached hydrogens (tertiary/aromatic N) is 5. The zero-order valence-corrected chi connectivity index (χ0v) is 18.7. The first-order chi connectivity index (χ1) is 15.5. The fourth-order valence-corrected chi connectivity index (χ4v) is 4.99. The third-order valence-electron chi connectivity index (χ3n) is 6.35. The van der Waals surface area contributed by atoms with E-state index >= 15 is 0 Å². The molecule has 1 amide bonds. The Morgan fingerprint density at radius 1 is 1.16 bits per heavy atom. The van der Waals surface area contributed by atoms with Crippen molar-refractivity contribution in [1.29, 1.82) is 0 Å². The topological polar surface area (TPSA) is 88.0 Å². The number of rotatable bonds is 6. The Labute approximate surface area is 192 Å². The molecule has 2 N–H and O–H groups in total. The monoisotopic (exact) mass is 451 g/mol. The van der Waals surface area contributed by atoms with E-state index in [1.807, 2.05) is 48.5 Å². The highest BCUT2D eigenvalue weighted by atomic mass is 35.5. The lowest BCUT2D eigenvalue weighted by molar-refractivity contribution is -0.129. The van der Waals surface area contributed by atoms with Gasteiger partial charge in [-0.15, -0.1) is 0 Å². The van der Waals surface area contributed by atoms with Gasteiger partial charge in [0.05, 0.1) is 24.5 Å². The number of fused-ring (bicyclic) bond motifs is 1. The van der Waals surface area contributed by atoms with Crippen LogP contribution in [0.3, 0.4) is 0 Å². The number of nitrogens with one attached hydrogen (secondary N) is 2. The molecule has 8 nitrogen and oxygen atoms in total. The summed E-state index contributed by atoms with van der Waals surface area (Å²) < 4.78 is 1.71. The van der Waals surface area contributed by atoms with E-state index in [-0.39, 0.29) is 11.9 Å². The Bertz CT molecular complexity index is 1090. The fraction of sp³-hybridized carbons (Fsp3) is 0.391. The predicted octanol–water partition coefficient (Wildman–Crippen LogP) is 3.50. The van der Waals surface area contributed by atoms with Gasteiger partial charge in [0.15, 0.2) is 5.82 Å². The number of carbonyl (C=O) groups excluding carboxylic acids is 1. The summed E-state index contributed by atoms with van der Waals surface area (Å²) in [6, 6.07) is 10.2. The van der Waals surface area contributed by atoms with Crippen molar-refractivity contribution < 1.29 is 4.79 Å². The number of likely N-dealkylation sites (tertiary alicyclic amines) is 1. The Hall–Kier alpha value is -3.13. The lowest BCUT2D eigenvalue weighted by atomic mass is 10.0. The van der Waals surface area contributed by atoms with Crippen LogP contribution < -0.4 is 10.6 Å². The van der Waals surface area contributed by atoms with Crippen LogP contribution in [0.15, 0.2) is 48.9 Å². The van der Waals surface area contributed by atoms with Crippen LogP contribution >= 0.6 is 11.6 Å². The number of carbonyl (C=O) groups is 1. The maximum Gasteiger partial charge on any atom is 0.229 e. The standard InChI is InChI=1S/C23H26ClN7O/c1-30-14-19(10-26-30)28-23-25-11-20(24)22(29-23)27-18-8-16-12-31(13-17(16)9-18)21(32)7-15-5-3-2-4-6-15/h2-6,10-11,14,16-18H,7-9,12-13H2,1H3,(H2,25,27,28,29). The third kappa shape index (κ3) is 4.55. The normalized spacial score (nSPS) is 22.1. The largest absolute Gasteiger partial charge is 0.366 e. The molecule has 1 saturated carbocycles. The van der Waals surface area contributed by atoms with Crippen molar-refractivity contribution >= 4 is 35.0 Å². The van der Waals surface area contributed by atoms with Gasteiger partial charge >= 0.3 is 0 Å². The first-order valence-corrected chi connectivity index (χ1v) is 11.3. The molecule has 2 aliphatic rings. The van der Waals surface area contributed by atoms with E-state index in [4.69, 9.17) is 11.6 Å². The molecule has 1 saturated heterocycles. The number of halogens is 1. The van der Waals surface area contributed by atoms with Gasteiger partial charge in [0.2, 0.25) is 11.9 Å². The SMILES string of the molecule is Cn1cc(Nc2ncc(Cl)c(NC3CC4CN(C(=O)Cc5ccccc5)CC4C3)n2)cn1.